The molecular weight excluding hydrogens is 1310 g/mol. The van der Waals surface area contributed by atoms with Gasteiger partial charge in [-0.05, 0) is 44.9 Å². The Morgan fingerprint density at radius 1 is 0.680 bits per heavy atom. The van der Waals surface area contributed by atoms with Gasteiger partial charge in [-0.15, -0.1) is 11.8 Å². The highest BCUT2D eigenvalue weighted by Gasteiger charge is 2.57. The third-order valence-electron chi connectivity index (χ3n) is 16.4. The number of hydrogen-bond acceptors (Lipinski definition) is 31. The van der Waals surface area contributed by atoms with Crippen LogP contribution in [0, 0.1) is 11.8 Å². The fourth-order valence-electron chi connectivity index (χ4n) is 11.2. The second-order valence-electron chi connectivity index (χ2n) is 24.2. The van der Waals surface area contributed by atoms with Crippen LogP contribution in [0.4, 0.5) is 0 Å². The molecule has 35 nitrogen and oxygen atoms in total. The lowest BCUT2D eigenvalue weighted by Gasteiger charge is -2.51. The molecule has 97 heavy (non-hydrogen) atoms. The maximum atomic E-state index is 13.9. The molecule has 0 spiro atoms. The maximum Gasteiger partial charge on any atom is 0.251 e. The van der Waals surface area contributed by atoms with Gasteiger partial charge in [0.15, 0.2) is 30.8 Å². The number of aliphatic hydroxyl groups is 13. The Morgan fingerprint density at radius 2 is 1.35 bits per heavy atom. The molecule has 17 unspecified atom stereocenters. The predicted octanol–water partition coefficient (Wildman–Crippen LogP) is -5.70. The monoisotopic (exact) mass is 1410 g/mol. The zero-order valence-electron chi connectivity index (χ0n) is 54.9. The Balaban J connectivity index is 1.18. The van der Waals surface area contributed by atoms with E-state index in [1.807, 2.05) is 0 Å². The van der Waals surface area contributed by atoms with Crippen molar-refractivity contribution in [1.29, 1.82) is 0 Å². The normalized spacial score (nSPS) is 35.7. The molecule has 5 heterocycles. The van der Waals surface area contributed by atoms with Gasteiger partial charge >= 0.3 is 0 Å². The Bertz CT molecular complexity index is 2710. The molecule has 1 aromatic rings. The second kappa shape index (κ2) is 38.9. The number of amides is 5. The number of ether oxygens (including phenoxy) is 11. The lowest BCUT2D eigenvalue weighted by Crippen LogP contribution is -2.71. The molecule has 5 amide bonds. The molecule has 27 atom stereocenters. The van der Waals surface area contributed by atoms with Crippen LogP contribution in [0.3, 0.4) is 0 Å². The molecular formula is C61H97N5O30S. The van der Waals surface area contributed by atoms with Crippen LogP contribution in [0.15, 0.2) is 24.3 Å². The first-order chi connectivity index (χ1) is 46.1. The first kappa shape index (κ1) is 81.3. The smallest absolute Gasteiger partial charge is 0.251 e. The summed E-state index contributed by atoms with van der Waals surface area (Å²) in [6.45, 7) is 4.86. The van der Waals surface area contributed by atoms with Gasteiger partial charge < -0.3 is 149 Å². The van der Waals surface area contributed by atoms with Crippen LogP contribution in [0.1, 0.15) is 110 Å². The van der Waals surface area contributed by atoms with Gasteiger partial charge in [-0.3, -0.25) is 24.0 Å². The van der Waals surface area contributed by atoms with E-state index in [2.05, 4.69) is 45.3 Å². The van der Waals surface area contributed by atoms with Crippen LogP contribution in [-0.4, -0.2) is 300 Å². The molecule has 5 fully saturated rings. The molecule has 5 aliphatic rings. The maximum absolute atomic E-state index is 13.9. The predicted molar refractivity (Wildman–Crippen MR) is 330 cm³/mol. The number of benzene rings is 1. The minimum atomic E-state index is -2.72. The summed E-state index contributed by atoms with van der Waals surface area (Å²) in [6, 6.07) is 2.73. The summed E-state index contributed by atoms with van der Waals surface area (Å²) in [6.07, 6.45) is -33.9. The highest BCUT2D eigenvalue weighted by Crippen LogP contribution is 2.38. The zero-order valence-corrected chi connectivity index (χ0v) is 55.7. The quantitative estimate of drug-likeness (QED) is 0.0135. The number of aliphatic hydroxyl groups excluding tert-OH is 12. The molecule has 0 bridgehead atoms. The van der Waals surface area contributed by atoms with E-state index in [0.29, 0.717) is 37.2 Å². The van der Waals surface area contributed by atoms with Gasteiger partial charge in [0.05, 0.1) is 58.0 Å². The van der Waals surface area contributed by atoms with Crippen molar-refractivity contribution in [2.45, 2.75) is 264 Å². The van der Waals surface area contributed by atoms with E-state index >= 15 is 0 Å². The summed E-state index contributed by atoms with van der Waals surface area (Å²) in [5.74, 6) is 2.65. The van der Waals surface area contributed by atoms with Crippen LogP contribution >= 0.6 is 12.0 Å². The molecule has 5 aliphatic heterocycles. The lowest BCUT2D eigenvalue weighted by atomic mass is 9.93. The minimum Gasteiger partial charge on any atom is -0.494 e. The van der Waals surface area contributed by atoms with Gasteiger partial charge in [0.1, 0.15) is 109 Å². The molecule has 0 aromatic heterocycles. The summed E-state index contributed by atoms with van der Waals surface area (Å²) < 4.78 is 71.7. The van der Waals surface area contributed by atoms with E-state index in [-0.39, 0.29) is 5.56 Å². The average molecular weight is 1410 g/mol. The molecule has 1 aromatic carbocycles. The number of carbonyl (C=O) groups excluding carboxylic acids is 5. The van der Waals surface area contributed by atoms with Crippen LogP contribution in [0.2, 0.25) is 0 Å². The van der Waals surface area contributed by atoms with Crippen molar-refractivity contribution >= 4 is 41.6 Å². The summed E-state index contributed by atoms with van der Waals surface area (Å²) in [5, 5.41) is 155. The molecule has 552 valence electrons. The number of carbonyl (C=O) groups is 5. The second-order valence-corrected chi connectivity index (χ2v) is 25.1. The molecule has 36 heteroatoms. The topological polar surface area (TPSA) is 519 Å². The molecule has 18 N–H and O–H groups in total. The summed E-state index contributed by atoms with van der Waals surface area (Å²) in [7, 11) is 0. The first-order valence-electron chi connectivity index (χ1n) is 32.1. The molecule has 0 radical (unpaired) electrons. The highest BCUT2D eigenvalue weighted by molar-refractivity contribution is 7.95. The van der Waals surface area contributed by atoms with Gasteiger partial charge in [-0.2, -0.15) is 0 Å². The van der Waals surface area contributed by atoms with E-state index < -0.39 is 234 Å². The number of nitrogens with one attached hydrogen (secondary N) is 5. The van der Waals surface area contributed by atoms with Crippen LogP contribution < -0.4 is 31.3 Å². The molecule has 0 saturated carbocycles. The summed E-state index contributed by atoms with van der Waals surface area (Å²) >= 11 is 0.571. The SMILES string of the molecule is CCCCCCC#CCCCOc1cccc(C(=O)NC2C(O[C@H]3CC(O)(NC(C)=O)C(OC4C(CO)O[C@@H](O[C@@H](C)C(CO)O[C@@H](OC5C(CO[C@@H]6OC(C)C(O)C(O)C6O)OS[C@@H](NC(C)=O)[C@H]5O)C(O)NC(C)=O)[C@@H](NC(C)=O)[C@H]4O)OC3CO)OC(CO)[C@@H](O)C2O)c1. The van der Waals surface area contributed by atoms with E-state index in [1.165, 1.54) is 26.0 Å². The Morgan fingerprint density at radius 3 is 1.99 bits per heavy atom. The van der Waals surface area contributed by atoms with Crippen LogP contribution in [0.25, 0.3) is 0 Å². The van der Waals surface area contributed by atoms with Crippen LogP contribution in [0.5, 0.6) is 5.75 Å². The van der Waals surface area contributed by atoms with E-state index in [4.69, 9.17) is 56.3 Å². The van der Waals surface area contributed by atoms with Gasteiger partial charge in [0.25, 0.3) is 5.91 Å². The van der Waals surface area contributed by atoms with Gasteiger partial charge in [0, 0.05) is 64.6 Å². The molecule has 6 rings (SSSR count). The van der Waals surface area contributed by atoms with Crippen molar-refractivity contribution in [2.24, 2.45) is 0 Å². The Kier molecular flexibility index (Phi) is 32.6. The van der Waals surface area contributed by atoms with Crippen LogP contribution in [-0.2, 0) is 70.7 Å². The standard InChI is InChI=1S/C61H97N5O30S/c1-8-9-10-11-12-13-14-15-16-20-85-35-19-17-18-34(21-35)53(82)65-42-46(77)45(76)39(25-69)91-57(42)89-36-22-61(84,66-33(7)74)60(93-38(36)24-68)95-51-40(26-70)92-56(43(47(51)78)62-30(4)71)87-28(2)37(23-67)90-59(54(83)63-31(5)72)94-52-41(96-97-55(50(52)81)64-32(6)73)27-86-58-49(80)48(79)44(75)29(3)88-58/h17-19,21,28-29,36-52,54-60,67-70,75-81,83-84H,8-12,15-16,20,22-27H2,1-7H3,(H,62,71)(H,63,72)(H,64,73)(H,65,82)(H,66,74)/t28-,29?,36-,37?,38?,39?,40?,41?,42?,43-,44?,45+,46?,47+,48?,49?,50-,51?,52?,54?,55+,56+,57?,58+,59-,60?,61?/m0/s1. The van der Waals surface area contributed by atoms with Crippen molar-refractivity contribution in [1.82, 2.24) is 26.6 Å². The van der Waals surface area contributed by atoms with Crippen molar-refractivity contribution in [3.63, 3.8) is 0 Å². The summed E-state index contributed by atoms with van der Waals surface area (Å²) in [5.41, 5.74) is -2.68. The van der Waals surface area contributed by atoms with Crippen molar-refractivity contribution in [3.05, 3.63) is 29.8 Å². The average Bonchev–Trinajstić information content (AvgIpc) is 0.766. The fourth-order valence-corrected chi connectivity index (χ4v) is 12.2. The first-order valence-corrected chi connectivity index (χ1v) is 32.9. The summed E-state index contributed by atoms with van der Waals surface area (Å²) in [4.78, 5) is 64.3. The largest absolute Gasteiger partial charge is 0.494 e. The van der Waals surface area contributed by atoms with Crippen molar-refractivity contribution < 1.29 is 147 Å². The Labute approximate surface area is 564 Å². The number of unbranched alkanes of at least 4 members (excludes halogenated alkanes) is 5. The lowest BCUT2D eigenvalue weighted by molar-refractivity contribution is -0.376. The Hall–Kier alpha value is -4.68. The zero-order chi connectivity index (χ0) is 71.4. The fraction of sp³-hybridized carbons (Fsp3) is 0.787. The van der Waals surface area contributed by atoms with Gasteiger partial charge in [-0.1, -0.05) is 32.3 Å². The van der Waals surface area contributed by atoms with Gasteiger partial charge in [-0.25, -0.2) is 0 Å². The van der Waals surface area contributed by atoms with E-state index in [0.717, 1.165) is 59.8 Å². The van der Waals surface area contributed by atoms with Crippen molar-refractivity contribution in [2.75, 3.05) is 39.6 Å². The third kappa shape index (κ3) is 22.7. The minimum absolute atomic E-state index is 0.0486. The van der Waals surface area contributed by atoms with E-state index in [9.17, 15) is 90.4 Å². The van der Waals surface area contributed by atoms with Crippen molar-refractivity contribution in [3.8, 4) is 17.6 Å². The number of hydrogen-bond donors (Lipinski definition) is 18. The molecule has 0 aliphatic carbocycles. The highest BCUT2D eigenvalue weighted by atomic mass is 32.2. The van der Waals surface area contributed by atoms with Gasteiger partial charge in [0.2, 0.25) is 36.2 Å². The van der Waals surface area contributed by atoms with E-state index in [1.54, 1.807) is 12.1 Å². The molecule has 5 saturated heterocycles. The third-order valence-corrected chi connectivity index (χ3v) is 17.4. The number of rotatable bonds is 33.